The van der Waals surface area contributed by atoms with Gasteiger partial charge in [-0.05, 0) is 30.6 Å². The Bertz CT molecular complexity index is 451. The van der Waals surface area contributed by atoms with Crippen LogP contribution in [0, 0.1) is 0 Å². The number of hydrogen-bond donors (Lipinski definition) is 1. The van der Waals surface area contributed by atoms with Gasteiger partial charge in [-0.2, -0.15) is 11.8 Å². The summed E-state index contributed by atoms with van der Waals surface area (Å²) in [5.74, 6) is 1.33. The first-order valence-corrected chi connectivity index (χ1v) is 8.84. The second-order valence-corrected chi connectivity index (χ2v) is 7.35. The lowest BCUT2D eigenvalue weighted by Crippen LogP contribution is -2.37. The molecule has 0 unspecified atom stereocenters. The molecule has 0 aromatic heterocycles. The van der Waals surface area contributed by atoms with Gasteiger partial charge in [-0.1, -0.05) is 37.3 Å². The quantitative estimate of drug-likeness (QED) is 0.878. The van der Waals surface area contributed by atoms with Crippen LogP contribution >= 0.6 is 11.8 Å². The standard InChI is InChI=1S/C17H26N2OS/c1-3-21-15-10-9-14(11-15)19(2)17(20)12-16(18)13-7-5-4-6-8-13/h4-8,14-16H,3,9-12,18H2,1-2H3/t14-,15-,16-/m1/s1. The van der Waals surface area contributed by atoms with Gasteiger partial charge < -0.3 is 10.6 Å². The summed E-state index contributed by atoms with van der Waals surface area (Å²) in [5, 5.41) is 0.720. The number of nitrogens with zero attached hydrogens (tertiary/aromatic N) is 1. The molecule has 0 saturated heterocycles. The highest BCUT2D eigenvalue weighted by Crippen LogP contribution is 2.32. The second kappa shape index (κ2) is 7.85. The van der Waals surface area contributed by atoms with Crippen molar-refractivity contribution in [2.45, 2.75) is 49.9 Å². The van der Waals surface area contributed by atoms with E-state index < -0.39 is 0 Å². The largest absolute Gasteiger partial charge is 0.343 e. The molecule has 1 amide bonds. The molecule has 0 radical (unpaired) electrons. The fourth-order valence-electron chi connectivity index (χ4n) is 3.01. The minimum atomic E-state index is -0.205. The minimum Gasteiger partial charge on any atom is -0.343 e. The lowest BCUT2D eigenvalue weighted by atomic mass is 10.0. The van der Waals surface area contributed by atoms with E-state index >= 15 is 0 Å². The van der Waals surface area contributed by atoms with Crippen LogP contribution in [-0.4, -0.2) is 34.9 Å². The van der Waals surface area contributed by atoms with E-state index in [-0.39, 0.29) is 11.9 Å². The molecular weight excluding hydrogens is 280 g/mol. The fourth-order valence-corrected chi connectivity index (χ4v) is 4.14. The molecule has 21 heavy (non-hydrogen) atoms. The number of rotatable bonds is 6. The summed E-state index contributed by atoms with van der Waals surface area (Å²) in [6.45, 7) is 2.20. The van der Waals surface area contributed by atoms with Gasteiger partial charge in [0.25, 0.3) is 0 Å². The van der Waals surface area contributed by atoms with Crippen LogP contribution in [0.5, 0.6) is 0 Å². The molecule has 0 bridgehead atoms. The molecule has 0 aliphatic heterocycles. The van der Waals surface area contributed by atoms with Gasteiger partial charge in [0.15, 0.2) is 0 Å². The van der Waals surface area contributed by atoms with Crippen molar-refractivity contribution >= 4 is 17.7 Å². The van der Waals surface area contributed by atoms with Gasteiger partial charge in [-0.15, -0.1) is 0 Å². The van der Waals surface area contributed by atoms with Gasteiger partial charge >= 0.3 is 0 Å². The van der Waals surface area contributed by atoms with Crippen LogP contribution in [0.3, 0.4) is 0 Å². The van der Waals surface area contributed by atoms with E-state index in [1.165, 1.54) is 6.42 Å². The van der Waals surface area contributed by atoms with E-state index in [9.17, 15) is 4.79 Å². The topological polar surface area (TPSA) is 46.3 Å². The Kier molecular flexibility index (Phi) is 6.12. The molecule has 2 rings (SSSR count). The van der Waals surface area contributed by atoms with Crippen LogP contribution in [0.4, 0.5) is 0 Å². The van der Waals surface area contributed by atoms with Gasteiger partial charge in [0, 0.05) is 30.8 Å². The van der Waals surface area contributed by atoms with E-state index in [4.69, 9.17) is 5.73 Å². The SMILES string of the molecule is CCS[C@@H]1CC[C@@H](N(C)C(=O)C[C@@H](N)c2ccccc2)C1. The average molecular weight is 306 g/mol. The summed E-state index contributed by atoms with van der Waals surface area (Å²) < 4.78 is 0. The highest BCUT2D eigenvalue weighted by atomic mass is 32.2. The summed E-state index contributed by atoms with van der Waals surface area (Å²) in [6, 6.07) is 10.1. The van der Waals surface area contributed by atoms with Gasteiger partial charge in [0.05, 0.1) is 0 Å². The first kappa shape index (κ1) is 16.4. The Hall–Kier alpha value is -1.00. The number of carbonyl (C=O) groups is 1. The number of carbonyl (C=O) groups excluding carboxylic acids is 1. The van der Waals surface area contributed by atoms with Crippen molar-refractivity contribution in [3.63, 3.8) is 0 Å². The van der Waals surface area contributed by atoms with Gasteiger partial charge in [-0.25, -0.2) is 0 Å². The van der Waals surface area contributed by atoms with Crippen LogP contribution in [0.15, 0.2) is 30.3 Å². The number of benzene rings is 1. The average Bonchev–Trinajstić information content (AvgIpc) is 2.96. The summed E-state index contributed by atoms with van der Waals surface area (Å²) in [6.07, 6.45) is 3.87. The lowest BCUT2D eigenvalue weighted by Gasteiger charge is -2.26. The van der Waals surface area contributed by atoms with Crippen molar-refractivity contribution in [3.8, 4) is 0 Å². The first-order valence-electron chi connectivity index (χ1n) is 7.79. The van der Waals surface area contributed by atoms with Crippen LogP contribution in [0.1, 0.15) is 44.2 Å². The second-order valence-electron chi connectivity index (χ2n) is 5.77. The van der Waals surface area contributed by atoms with Crippen molar-refractivity contribution < 1.29 is 4.79 Å². The summed E-state index contributed by atoms with van der Waals surface area (Å²) in [5.41, 5.74) is 7.19. The molecule has 116 valence electrons. The number of thioether (sulfide) groups is 1. The Morgan fingerprint density at radius 3 is 2.76 bits per heavy atom. The van der Waals surface area contributed by atoms with E-state index in [0.717, 1.165) is 29.4 Å². The first-order chi connectivity index (χ1) is 10.1. The Morgan fingerprint density at radius 1 is 1.38 bits per heavy atom. The third-order valence-electron chi connectivity index (χ3n) is 4.32. The van der Waals surface area contributed by atoms with Gasteiger partial charge in [0.1, 0.15) is 0 Å². The molecule has 1 aromatic rings. The summed E-state index contributed by atoms with van der Waals surface area (Å²) >= 11 is 2.02. The van der Waals surface area contributed by atoms with Crippen molar-refractivity contribution in [3.05, 3.63) is 35.9 Å². The number of hydrogen-bond acceptors (Lipinski definition) is 3. The molecule has 1 fully saturated rings. The lowest BCUT2D eigenvalue weighted by molar-refractivity contribution is -0.132. The molecule has 3 nitrogen and oxygen atoms in total. The van der Waals surface area contributed by atoms with Gasteiger partial charge in [-0.3, -0.25) is 4.79 Å². The van der Waals surface area contributed by atoms with E-state index in [1.807, 2.05) is 54.0 Å². The third kappa shape index (κ3) is 4.48. The molecular formula is C17H26N2OS. The Balaban J connectivity index is 1.86. The van der Waals surface area contributed by atoms with E-state index in [0.29, 0.717) is 12.5 Å². The maximum absolute atomic E-state index is 12.4. The molecule has 1 aliphatic rings. The van der Waals surface area contributed by atoms with Crippen molar-refractivity contribution in [1.29, 1.82) is 0 Å². The summed E-state index contributed by atoms with van der Waals surface area (Å²) in [7, 11) is 1.93. The van der Waals surface area contributed by atoms with Crippen molar-refractivity contribution in [2.24, 2.45) is 5.73 Å². The van der Waals surface area contributed by atoms with Gasteiger partial charge in [0.2, 0.25) is 5.91 Å². The van der Waals surface area contributed by atoms with Crippen molar-refractivity contribution in [1.82, 2.24) is 4.90 Å². The molecule has 0 spiro atoms. The predicted molar refractivity (Wildman–Crippen MR) is 90.3 cm³/mol. The smallest absolute Gasteiger partial charge is 0.224 e. The molecule has 3 atom stereocenters. The third-order valence-corrected chi connectivity index (χ3v) is 5.56. The normalized spacial score (nSPS) is 23.0. The van der Waals surface area contributed by atoms with Crippen LogP contribution in [0.2, 0.25) is 0 Å². The highest BCUT2D eigenvalue weighted by molar-refractivity contribution is 7.99. The molecule has 2 N–H and O–H groups in total. The molecule has 1 aliphatic carbocycles. The zero-order valence-corrected chi connectivity index (χ0v) is 13.8. The molecule has 1 saturated carbocycles. The molecule has 4 heteroatoms. The number of nitrogens with two attached hydrogens (primary N) is 1. The predicted octanol–water partition coefficient (Wildman–Crippen LogP) is 3.21. The zero-order chi connectivity index (χ0) is 15.2. The zero-order valence-electron chi connectivity index (χ0n) is 13.0. The van der Waals surface area contributed by atoms with E-state index in [2.05, 4.69) is 6.92 Å². The highest BCUT2D eigenvalue weighted by Gasteiger charge is 2.30. The van der Waals surface area contributed by atoms with Crippen molar-refractivity contribution in [2.75, 3.05) is 12.8 Å². The minimum absolute atomic E-state index is 0.165. The van der Waals surface area contributed by atoms with Crippen LogP contribution in [-0.2, 0) is 4.79 Å². The maximum atomic E-state index is 12.4. The monoisotopic (exact) mass is 306 g/mol. The molecule has 1 aromatic carbocycles. The fraction of sp³-hybridized carbons (Fsp3) is 0.588. The van der Waals surface area contributed by atoms with Crippen LogP contribution < -0.4 is 5.73 Å². The maximum Gasteiger partial charge on any atom is 0.224 e. The number of amides is 1. The Labute approximate surface area is 132 Å². The molecule has 0 heterocycles. The van der Waals surface area contributed by atoms with Crippen LogP contribution in [0.25, 0.3) is 0 Å². The van der Waals surface area contributed by atoms with E-state index in [1.54, 1.807) is 0 Å². The summed E-state index contributed by atoms with van der Waals surface area (Å²) in [4.78, 5) is 14.3. The Morgan fingerprint density at radius 2 is 2.10 bits per heavy atom.